The number of hydrogen-bond donors (Lipinski definition) is 0. The predicted molar refractivity (Wildman–Crippen MR) is 74.4 cm³/mol. The summed E-state index contributed by atoms with van der Waals surface area (Å²) < 4.78 is 1.64. The highest BCUT2D eigenvalue weighted by Crippen LogP contribution is 2.19. The summed E-state index contributed by atoms with van der Waals surface area (Å²) >= 11 is 0. The zero-order valence-electron chi connectivity index (χ0n) is 10.9. The van der Waals surface area contributed by atoms with Gasteiger partial charge in [-0.05, 0) is 25.1 Å². The van der Waals surface area contributed by atoms with E-state index in [1.807, 2.05) is 6.92 Å². The Hall–Kier alpha value is -2.76. The van der Waals surface area contributed by atoms with Gasteiger partial charge in [0.05, 0.1) is 22.2 Å². The van der Waals surface area contributed by atoms with Crippen LogP contribution < -0.4 is 0 Å². The van der Waals surface area contributed by atoms with Crippen LogP contribution in [0.2, 0.25) is 0 Å². The minimum absolute atomic E-state index is 0.0270. The van der Waals surface area contributed by atoms with Gasteiger partial charge in [-0.1, -0.05) is 12.1 Å². The summed E-state index contributed by atoms with van der Waals surface area (Å²) in [5.41, 5.74) is 0.830. The van der Waals surface area contributed by atoms with Gasteiger partial charge in [-0.2, -0.15) is 5.10 Å². The van der Waals surface area contributed by atoms with Crippen molar-refractivity contribution >= 4 is 17.5 Å². The molecule has 0 amide bonds. The van der Waals surface area contributed by atoms with Crippen LogP contribution in [0.1, 0.15) is 22.8 Å². The first kappa shape index (κ1) is 13.7. The van der Waals surface area contributed by atoms with Crippen LogP contribution in [0.15, 0.2) is 42.7 Å². The molecule has 0 aliphatic rings. The molecule has 0 N–H and O–H groups in total. The van der Waals surface area contributed by atoms with Gasteiger partial charge in [0.1, 0.15) is 0 Å². The first-order valence-corrected chi connectivity index (χ1v) is 6.10. The van der Waals surface area contributed by atoms with E-state index in [4.69, 9.17) is 0 Å². The number of nitrogens with zero attached hydrogens (tertiary/aromatic N) is 3. The maximum atomic E-state index is 11.9. The fourth-order valence-corrected chi connectivity index (χ4v) is 1.72. The van der Waals surface area contributed by atoms with E-state index >= 15 is 0 Å². The third kappa shape index (κ3) is 2.97. The molecule has 6 heteroatoms. The molecule has 0 aliphatic heterocycles. The molecule has 0 atom stereocenters. The molecular formula is C14H13N3O3. The van der Waals surface area contributed by atoms with Crippen LogP contribution in [0.3, 0.4) is 0 Å². The Morgan fingerprint density at radius 1 is 1.45 bits per heavy atom. The Balaban J connectivity index is 2.21. The Morgan fingerprint density at radius 3 is 2.85 bits per heavy atom. The SMILES string of the molecule is CCn1cc(C(=O)/C=C/c2ccccc2[N+](=O)[O-])cn1. The number of benzene rings is 1. The van der Waals surface area contributed by atoms with Crippen LogP contribution in [0.5, 0.6) is 0 Å². The molecule has 0 radical (unpaired) electrons. The fourth-order valence-electron chi connectivity index (χ4n) is 1.72. The van der Waals surface area contributed by atoms with Gasteiger partial charge in [0, 0.05) is 18.8 Å². The molecular weight excluding hydrogens is 258 g/mol. The number of aryl methyl sites for hydroxylation is 1. The van der Waals surface area contributed by atoms with Crippen molar-refractivity contribution in [3.63, 3.8) is 0 Å². The van der Waals surface area contributed by atoms with E-state index < -0.39 is 4.92 Å². The lowest BCUT2D eigenvalue weighted by molar-refractivity contribution is -0.385. The second-order valence-corrected chi connectivity index (χ2v) is 4.10. The van der Waals surface area contributed by atoms with Crippen LogP contribution in [0.25, 0.3) is 6.08 Å². The molecule has 0 aliphatic carbocycles. The Bertz CT molecular complexity index is 674. The summed E-state index contributed by atoms with van der Waals surface area (Å²) in [6.07, 6.45) is 5.89. The van der Waals surface area contributed by atoms with Crippen molar-refractivity contribution in [1.82, 2.24) is 9.78 Å². The van der Waals surface area contributed by atoms with Crippen molar-refractivity contribution in [1.29, 1.82) is 0 Å². The van der Waals surface area contributed by atoms with Gasteiger partial charge in [-0.3, -0.25) is 19.6 Å². The zero-order chi connectivity index (χ0) is 14.5. The summed E-state index contributed by atoms with van der Waals surface area (Å²) in [5.74, 6) is -0.233. The van der Waals surface area contributed by atoms with Gasteiger partial charge in [-0.25, -0.2) is 0 Å². The number of ketones is 1. The standard InChI is InChI=1S/C14H13N3O3/c1-2-16-10-12(9-15-16)14(18)8-7-11-5-3-4-6-13(11)17(19)20/h3-10H,2H2,1H3/b8-7+. The van der Waals surface area contributed by atoms with Crippen LogP contribution in [0.4, 0.5) is 5.69 Å². The molecule has 6 nitrogen and oxygen atoms in total. The lowest BCUT2D eigenvalue weighted by Gasteiger charge is -1.96. The van der Waals surface area contributed by atoms with Crippen molar-refractivity contribution in [2.45, 2.75) is 13.5 Å². The molecule has 0 fully saturated rings. The second kappa shape index (κ2) is 5.92. The zero-order valence-corrected chi connectivity index (χ0v) is 10.9. The normalized spacial score (nSPS) is 10.8. The van der Waals surface area contributed by atoms with Crippen molar-refractivity contribution in [3.8, 4) is 0 Å². The lowest BCUT2D eigenvalue weighted by Crippen LogP contribution is -1.95. The number of rotatable bonds is 5. The molecule has 102 valence electrons. The number of allylic oxidation sites excluding steroid dienone is 1. The van der Waals surface area contributed by atoms with Crippen molar-refractivity contribution < 1.29 is 9.72 Å². The molecule has 1 heterocycles. The van der Waals surface area contributed by atoms with Crippen molar-refractivity contribution in [2.75, 3.05) is 0 Å². The number of carbonyl (C=O) groups is 1. The maximum Gasteiger partial charge on any atom is 0.276 e. The van der Waals surface area contributed by atoms with Gasteiger partial charge in [0.15, 0.2) is 5.78 Å². The molecule has 1 aromatic heterocycles. The number of hydrogen-bond acceptors (Lipinski definition) is 4. The van der Waals surface area contributed by atoms with Gasteiger partial charge in [-0.15, -0.1) is 0 Å². The van der Waals surface area contributed by atoms with Crippen LogP contribution in [-0.2, 0) is 6.54 Å². The van der Waals surface area contributed by atoms with E-state index in [1.165, 1.54) is 24.4 Å². The third-order valence-corrected chi connectivity index (χ3v) is 2.79. The van der Waals surface area contributed by atoms with Crippen LogP contribution >= 0.6 is 0 Å². The van der Waals surface area contributed by atoms with E-state index in [2.05, 4.69) is 5.10 Å². The minimum Gasteiger partial charge on any atom is -0.289 e. The van der Waals surface area contributed by atoms with E-state index in [1.54, 1.807) is 29.1 Å². The van der Waals surface area contributed by atoms with Crippen LogP contribution in [0, 0.1) is 10.1 Å². The molecule has 2 aromatic rings. The third-order valence-electron chi connectivity index (χ3n) is 2.79. The monoisotopic (exact) mass is 271 g/mol. The average molecular weight is 271 g/mol. The first-order valence-electron chi connectivity index (χ1n) is 6.10. The highest BCUT2D eigenvalue weighted by Gasteiger charge is 2.10. The summed E-state index contributed by atoms with van der Waals surface area (Å²) in [6, 6.07) is 6.27. The first-order chi connectivity index (χ1) is 9.61. The molecule has 20 heavy (non-hydrogen) atoms. The summed E-state index contributed by atoms with van der Waals surface area (Å²) in [5, 5.41) is 14.9. The fraction of sp³-hybridized carbons (Fsp3) is 0.143. The Labute approximate surface area is 115 Å². The molecule has 0 saturated carbocycles. The van der Waals surface area contributed by atoms with E-state index in [0.717, 1.165) is 0 Å². The van der Waals surface area contributed by atoms with E-state index in [-0.39, 0.29) is 11.5 Å². The largest absolute Gasteiger partial charge is 0.289 e. The molecule has 0 saturated heterocycles. The summed E-state index contributed by atoms with van der Waals surface area (Å²) in [6.45, 7) is 2.60. The molecule has 0 spiro atoms. The topological polar surface area (TPSA) is 78.0 Å². The number of nitro benzene ring substituents is 1. The van der Waals surface area contributed by atoms with Crippen LogP contribution in [-0.4, -0.2) is 20.5 Å². The van der Waals surface area contributed by atoms with E-state index in [0.29, 0.717) is 17.7 Å². The average Bonchev–Trinajstić information content (AvgIpc) is 2.94. The Morgan fingerprint density at radius 2 is 2.20 bits per heavy atom. The minimum atomic E-state index is -0.473. The van der Waals surface area contributed by atoms with Gasteiger partial charge in [0.25, 0.3) is 5.69 Å². The predicted octanol–water partition coefficient (Wildman–Crippen LogP) is 2.71. The molecule has 0 unspecified atom stereocenters. The smallest absolute Gasteiger partial charge is 0.276 e. The van der Waals surface area contributed by atoms with Gasteiger partial charge >= 0.3 is 0 Å². The van der Waals surface area contributed by atoms with Crippen molar-refractivity contribution in [3.05, 3.63) is 64.0 Å². The maximum absolute atomic E-state index is 11.9. The second-order valence-electron chi connectivity index (χ2n) is 4.10. The number of para-hydroxylation sites is 1. The number of aromatic nitrogens is 2. The lowest BCUT2D eigenvalue weighted by atomic mass is 10.1. The highest BCUT2D eigenvalue weighted by molar-refractivity contribution is 6.06. The van der Waals surface area contributed by atoms with Gasteiger partial charge in [0.2, 0.25) is 0 Å². The summed E-state index contributed by atoms with van der Waals surface area (Å²) in [7, 11) is 0. The molecule has 2 rings (SSSR count). The number of carbonyl (C=O) groups excluding carboxylic acids is 1. The highest BCUT2D eigenvalue weighted by atomic mass is 16.6. The van der Waals surface area contributed by atoms with E-state index in [9.17, 15) is 14.9 Å². The Kier molecular flexibility index (Phi) is 4.05. The molecule has 1 aromatic carbocycles. The summed E-state index contributed by atoms with van der Waals surface area (Å²) in [4.78, 5) is 22.3. The van der Waals surface area contributed by atoms with Crippen molar-refractivity contribution in [2.24, 2.45) is 0 Å². The quantitative estimate of drug-likeness (QED) is 0.362. The molecule has 0 bridgehead atoms. The van der Waals surface area contributed by atoms with Gasteiger partial charge < -0.3 is 0 Å². The number of nitro groups is 1.